The number of aliphatic hydroxyl groups excluding tert-OH is 1. The first-order valence-electron chi connectivity index (χ1n) is 6.84. The molecule has 0 aliphatic rings. The number of aryl methyl sites for hydroxylation is 1. The lowest BCUT2D eigenvalue weighted by Gasteiger charge is -2.13. The van der Waals surface area contributed by atoms with E-state index >= 15 is 0 Å². The van der Waals surface area contributed by atoms with Gasteiger partial charge in [-0.25, -0.2) is 15.8 Å². The Labute approximate surface area is 114 Å². The van der Waals surface area contributed by atoms with E-state index in [2.05, 4.69) is 27.6 Å². The van der Waals surface area contributed by atoms with Gasteiger partial charge in [0.1, 0.15) is 17.5 Å². The molecule has 5 N–H and O–H groups in total. The van der Waals surface area contributed by atoms with Crippen molar-refractivity contribution < 1.29 is 5.11 Å². The monoisotopic (exact) mass is 267 g/mol. The number of hydrazine groups is 1. The Morgan fingerprint density at radius 3 is 2.58 bits per heavy atom. The number of nitrogens with zero attached hydrogens (tertiary/aromatic N) is 2. The summed E-state index contributed by atoms with van der Waals surface area (Å²) in [7, 11) is 0. The van der Waals surface area contributed by atoms with Gasteiger partial charge in [-0.05, 0) is 33.1 Å². The van der Waals surface area contributed by atoms with E-state index in [-0.39, 0.29) is 6.10 Å². The summed E-state index contributed by atoms with van der Waals surface area (Å²) in [5.74, 6) is 7.75. The molecule has 6 nitrogen and oxygen atoms in total. The second kappa shape index (κ2) is 7.91. The van der Waals surface area contributed by atoms with Gasteiger partial charge in [0.05, 0.1) is 6.10 Å². The van der Waals surface area contributed by atoms with Crippen LogP contribution in [0.15, 0.2) is 0 Å². The van der Waals surface area contributed by atoms with E-state index in [1.807, 2.05) is 6.92 Å². The molecule has 1 atom stereocenters. The number of aliphatic hydroxyl groups is 1. The second-order valence-electron chi connectivity index (χ2n) is 4.77. The molecule has 108 valence electrons. The lowest BCUT2D eigenvalue weighted by Crippen LogP contribution is -2.15. The maximum Gasteiger partial charge on any atom is 0.148 e. The molecule has 0 bridgehead atoms. The average molecular weight is 267 g/mol. The molecule has 0 aliphatic heterocycles. The Morgan fingerprint density at radius 1 is 1.32 bits per heavy atom. The number of hydrogen-bond donors (Lipinski definition) is 4. The molecule has 0 aromatic carbocycles. The Hall–Kier alpha value is -1.40. The summed E-state index contributed by atoms with van der Waals surface area (Å²) in [6.45, 7) is 6.60. The van der Waals surface area contributed by atoms with E-state index in [9.17, 15) is 5.11 Å². The summed E-state index contributed by atoms with van der Waals surface area (Å²) in [4.78, 5) is 8.88. The second-order valence-corrected chi connectivity index (χ2v) is 4.77. The van der Waals surface area contributed by atoms with Gasteiger partial charge < -0.3 is 15.8 Å². The van der Waals surface area contributed by atoms with Gasteiger partial charge in [0.2, 0.25) is 0 Å². The van der Waals surface area contributed by atoms with Crippen LogP contribution in [0.5, 0.6) is 0 Å². The van der Waals surface area contributed by atoms with Crippen LogP contribution in [-0.2, 0) is 6.42 Å². The van der Waals surface area contributed by atoms with Gasteiger partial charge in [0, 0.05) is 18.5 Å². The summed E-state index contributed by atoms with van der Waals surface area (Å²) in [6, 6.07) is 0. The summed E-state index contributed by atoms with van der Waals surface area (Å²) in [6.07, 6.45) is 3.24. The number of anilines is 2. The standard InChI is InChI=1S/C13H25N5O/c1-4-6-11-16-12(10(3)13(17-11)18-14)15-8-5-7-9(2)19/h9,19H,4-8,14H2,1-3H3,(H2,15,16,17,18). The first-order chi connectivity index (χ1) is 9.08. The maximum absolute atomic E-state index is 9.22. The van der Waals surface area contributed by atoms with Crippen molar-refractivity contribution in [3.63, 3.8) is 0 Å². The number of nitrogen functional groups attached to an aromatic ring is 1. The molecule has 1 rings (SSSR count). The Morgan fingerprint density at radius 2 is 2.00 bits per heavy atom. The Bertz CT molecular complexity index is 395. The maximum atomic E-state index is 9.22. The van der Waals surface area contributed by atoms with Crippen LogP contribution in [0.3, 0.4) is 0 Å². The van der Waals surface area contributed by atoms with Gasteiger partial charge in [-0.3, -0.25) is 0 Å². The normalized spacial score (nSPS) is 12.3. The van der Waals surface area contributed by atoms with Crippen LogP contribution in [0.1, 0.15) is 44.5 Å². The minimum atomic E-state index is -0.259. The van der Waals surface area contributed by atoms with Crippen LogP contribution in [0.2, 0.25) is 0 Å². The number of nitrogens with one attached hydrogen (secondary N) is 2. The third kappa shape index (κ3) is 5.00. The average Bonchev–Trinajstić information content (AvgIpc) is 2.37. The van der Waals surface area contributed by atoms with Gasteiger partial charge in [-0.2, -0.15) is 0 Å². The predicted molar refractivity (Wildman–Crippen MR) is 78.0 cm³/mol. The van der Waals surface area contributed by atoms with Crippen molar-refractivity contribution in [1.29, 1.82) is 0 Å². The zero-order chi connectivity index (χ0) is 14.3. The van der Waals surface area contributed by atoms with Crippen LogP contribution >= 0.6 is 0 Å². The van der Waals surface area contributed by atoms with Crippen LogP contribution < -0.4 is 16.6 Å². The van der Waals surface area contributed by atoms with Crippen LogP contribution in [0.25, 0.3) is 0 Å². The molecule has 0 aliphatic carbocycles. The van der Waals surface area contributed by atoms with E-state index in [1.165, 1.54) is 0 Å². The number of rotatable bonds is 8. The molecule has 1 heterocycles. The van der Waals surface area contributed by atoms with E-state index in [0.29, 0.717) is 5.82 Å². The molecule has 0 fully saturated rings. The Balaban J connectivity index is 2.71. The molecule has 0 radical (unpaired) electrons. The van der Waals surface area contributed by atoms with E-state index in [0.717, 1.165) is 49.4 Å². The van der Waals surface area contributed by atoms with Gasteiger partial charge in [-0.15, -0.1) is 0 Å². The first kappa shape index (κ1) is 15.7. The third-order valence-corrected chi connectivity index (χ3v) is 2.89. The molecular weight excluding hydrogens is 242 g/mol. The smallest absolute Gasteiger partial charge is 0.148 e. The number of hydrogen-bond acceptors (Lipinski definition) is 6. The minimum absolute atomic E-state index is 0.259. The van der Waals surface area contributed by atoms with Crippen LogP contribution in [-0.4, -0.2) is 27.7 Å². The van der Waals surface area contributed by atoms with Crippen LogP contribution in [0.4, 0.5) is 11.6 Å². The fourth-order valence-electron chi connectivity index (χ4n) is 1.82. The van der Waals surface area contributed by atoms with Crippen molar-refractivity contribution in [2.75, 3.05) is 17.3 Å². The molecule has 0 spiro atoms. The van der Waals surface area contributed by atoms with Gasteiger partial charge in [-0.1, -0.05) is 6.92 Å². The topological polar surface area (TPSA) is 96.1 Å². The molecule has 1 unspecified atom stereocenters. The fourth-order valence-corrected chi connectivity index (χ4v) is 1.82. The van der Waals surface area contributed by atoms with Gasteiger partial charge in [0.25, 0.3) is 0 Å². The molecule has 0 saturated carbocycles. The zero-order valence-corrected chi connectivity index (χ0v) is 12.0. The van der Waals surface area contributed by atoms with Crippen molar-refractivity contribution >= 4 is 11.6 Å². The lowest BCUT2D eigenvalue weighted by atomic mass is 10.2. The van der Waals surface area contributed by atoms with Crippen molar-refractivity contribution in [3.8, 4) is 0 Å². The van der Waals surface area contributed by atoms with E-state index < -0.39 is 0 Å². The highest BCUT2D eigenvalue weighted by molar-refractivity contribution is 5.56. The van der Waals surface area contributed by atoms with E-state index in [4.69, 9.17) is 5.84 Å². The SMILES string of the molecule is CCCc1nc(NN)c(C)c(NCCCC(C)O)n1. The first-order valence-corrected chi connectivity index (χ1v) is 6.84. The molecule has 0 saturated heterocycles. The number of nitrogens with two attached hydrogens (primary N) is 1. The highest BCUT2D eigenvalue weighted by atomic mass is 16.3. The highest BCUT2D eigenvalue weighted by Crippen LogP contribution is 2.19. The van der Waals surface area contributed by atoms with Gasteiger partial charge in [0.15, 0.2) is 0 Å². The molecule has 1 aromatic heterocycles. The third-order valence-electron chi connectivity index (χ3n) is 2.89. The Kier molecular flexibility index (Phi) is 6.52. The fraction of sp³-hybridized carbons (Fsp3) is 0.692. The molecular formula is C13H25N5O. The summed E-state index contributed by atoms with van der Waals surface area (Å²) in [5.41, 5.74) is 3.53. The summed E-state index contributed by atoms with van der Waals surface area (Å²) >= 11 is 0. The molecule has 1 aromatic rings. The minimum Gasteiger partial charge on any atom is -0.393 e. The van der Waals surface area contributed by atoms with Crippen molar-refractivity contribution in [2.24, 2.45) is 5.84 Å². The molecule has 19 heavy (non-hydrogen) atoms. The zero-order valence-electron chi connectivity index (χ0n) is 12.0. The van der Waals surface area contributed by atoms with Crippen LogP contribution in [0, 0.1) is 6.92 Å². The van der Waals surface area contributed by atoms with Crippen molar-refractivity contribution in [2.45, 2.75) is 52.6 Å². The quantitative estimate of drug-likeness (QED) is 0.324. The summed E-state index contributed by atoms with van der Waals surface area (Å²) in [5, 5.41) is 12.5. The van der Waals surface area contributed by atoms with Crippen molar-refractivity contribution in [1.82, 2.24) is 9.97 Å². The molecule has 6 heteroatoms. The van der Waals surface area contributed by atoms with Gasteiger partial charge >= 0.3 is 0 Å². The molecule has 0 amide bonds. The summed E-state index contributed by atoms with van der Waals surface area (Å²) < 4.78 is 0. The predicted octanol–water partition coefficient (Wildman–Crippen LogP) is 1.60. The van der Waals surface area contributed by atoms with Crippen molar-refractivity contribution in [3.05, 3.63) is 11.4 Å². The highest BCUT2D eigenvalue weighted by Gasteiger charge is 2.09. The lowest BCUT2D eigenvalue weighted by molar-refractivity contribution is 0.183. The largest absolute Gasteiger partial charge is 0.393 e. The van der Waals surface area contributed by atoms with E-state index in [1.54, 1.807) is 6.92 Å². The number of aromatic nitrogens is 2.